The lowest BCUT2D eigenvalue weighted by Gasteiger charge is -2.20. The molecule has 160 valence electrons. The SMILES string of the molecule is BP(=O)(OCC1CCC(n2cnc3c(N)ncnc32)O1)OP(=O)(O)OP(=O)(O)O. The number of rotatable bonds is 8. The van der Waals surface area contributed by atoms with Gasteiger partial charge in [-0.2, -0.15) is 4.31 Å². The maximum absolute atomic E-state index is 12.2. The summed E-state index contributed by atoms with van der Waals surface area (Å²) in [5.74, 6) is 0.224. The minimum absolute atomic E-state index is 0.224. The third kappa shape index (κ3) is 5.92. The highest BCUT2D eigenvalue weighted by atomic mass is 31.3. The molecule has 1 aliphatic heterocycles. The summed E-state index contributed by atoms with van der Waals surface area (Å²) < 4.78 is 54.6. The van der Waals surface area contributed by atoms with Crippen molar-refractivity contribution in [2.45, 2.75) is 25.2 Å². The molecule has 0 amide bonds. The molecule has 3 rings (SSSR count). The molecule has 2 aromatic rings. The predicted octanol–water partition coefficient (Wildman–Crippen LogP) is 0.0702. The van der Waals surface area contributed by atoms with Crippen LogP contribution in [-0.2, 0) is 31.6 Å². The molecule has 3 heterocycles. The zero-order chi connectivity index (χ0) is 21.4. The van der Waals surface area contributed by atoms with Gasteiger partial charge in [-0.3, -0.25) is 9.13 Å². The number of nitrogen functional groups attached to an aromatic ring is 1. The normalized spacial score (nSPS) is 24.4. The van der Waals surface area contributed by atoms with Crippen molar-refractivity contribution in [1.82, 2.24) is 19.5 Å². The number of nitrogens with two attached hydrogens (primary N) is 1. The summed E-state index contributed by atoms with van der Waals surface area (Å²) in [6.07, 6.45) is 2.82. The Bertz CT molecular complexity index is 1040. The molecule has 0 aliphatic carbocycles. The van der Waals surface area contributed by atoms with E-state index in [1.54, 1.807) is 4.57 Å². The van der Waals surface area contributed by atoms with E-state index in [1.807, 2.05) is 0 Å². The molecule has 0 bridgehead atoms. The van der Waals surface area contributed by atoms with E-state index < -0.39 is 35.5 Å². The van der Waals surface area contributed by atoms with Gasteiger partial charge in [0.2, 0.25) is 0 Å². The lowest BCUT2D eigenvalue weighted by molar-refractivity contribution is -0.0167. The fourth-order valence-electron chi connectivity index (χ4n) is 2.67. The van der Waals surface area contributed by atoms with Crippen LogP contribution in [0.25, 0.3) is 11.2 Å². The molecule has 29 heavy (non-hydrogen) atoms. The Morgan fingerprint density at radius 2 is 1.93 bits per heavy atom. The average molecular weight is 471 g/mol. The average Bonchev–Trinajstić information content (AvgIpc) is 3.16. The highest BCUT2D eigenvalue weighted by molar-refractivity contribution is 7.84. The molecule has 4 atom stereocenters. The van der Waals surface area contributed by atoms with E-state index in [-0.39, 0.29) is 12.4 Å². The molecule has 19 heteroatoms. The van der Waals surface area contributed by atoms with Crippen molar-refractivity contribution in [2.75, 3.05) is 12.3 Å². The smallest absolute Gasteiger partial charge is 0.382 e. The number of nitrogens with zero attached hydrogens (tertiary/aromatic N) is 4. The summed E-state index contributed by atoms with van der Waals surface area (Å²) in [6, 6.07) is 0. The quantitative estimate of drug-likeness (QED) is 0.296. The van der Waals surface area contributed by atoms with Crippen LogP contribution >= 0.6 is 23.1 Å². The first-order valence-electron chi connectivity index (χ1n) is 7.97. The van der Waals surface area contributed by atoms with Crippen molar-refractivity contribution in [3.05, 3.63) is 12.7 Å². The van der Waals surface area contributed by atoms with Gasteiger partial charge in [-0.05, 0) is 12.8 Å². The highest BCUT2D eigenvalue weighted by Gasteiger charge is 2.39. The number of hydrogen-bond acceptors (Lipinski definition) is 11. The zero-order valence-electron chi connectivity index (χ0n) is 14.8. The van der Waals surface area contributed by atoms with Crippen LogP contribution in [0.2, 0.25) is 0 Å². The van der Waals surface area contributed by atoms with Gasteiger partial charge in [0, 0.05) is 0 Å². The highest BCUT2D eigenvalue weighted by Crippen LogP contribution is 2.66. The molecular formula is C10H17BN5O10P3. The molecule has 2 aromatic heterocycles. The van der Waals surface area contributed by atoms with Crippen molar-refractivity contribution < 1.29 is 46.3 Å². The molecule has 1 aliphatic rings. The van der Waals surface area contributed by atoms with Crippen LogP contribution in [0.5, 0.6) is 0 Å². The van der Waals surface area contributed by atoms with E-state index in [2.05, 4.69) is 23.6 Å². The fraction of sp³-hybridized carbons (Fsp3) is 0.500. The number of anilines is 1. The van der Waals surface area contributed by atoms with Gasteiger partial charge >= 0.3 is 15.6 Å². The van der Waals surface area contributed by atoms with E-state index >= 15 is 0 Å². The third-order valence-corrected chi connectivity index (χ3v) is 8.04. The monoisotopic (exact) mass is 471 g/mol. The lowest BCUT2D eigenvalue weighted by atomic mass is 10.2. The van der Waals surface area contributed by atoms with Crippen LogP contribution in [0.4, 0.5) is 5.82 Å². The topological polar surface area (TPSA) is 218 Å². The van der Waals surface area contributed by atoms with Crippen molar-refractivity contribution in [1.29, 1.82) is 0 Å². The van der Waals surface area contributed by atoms with Gasteiger partial charge in [0.25, 0.3) is 15.0 Å². The molecule has 15 nitrogen and oxygen atoms in total. The Morgan fingerprint density at radius 3 is 2.62 bits per heavy atom. The Kier molecular flexibility index (Phi) is 6.33. The molecule has 5 N–H and O–H groups in total. The maximum atomic E-state index is 12.2. The van der Waals surface area contributed by atoms with E-state index in [0.717, 1.165) is 7.57 Å². The summed E-state index contributed by atoms with van der Waals surface area (Å²) in [5, 5.41) is 0. The third-order valence-electron chi connectivity index (χ3n) is 3.74. The van der Waals surface area contributed by atoms with E-state index in [0.29, 0.717) is 24.0 Å². The van der Waals surface area contributed by atoms with Crippen LogP contribution in [0.3, 0.4) is 0 Å². The number of aromatic nitrogens is 4. The van der Waals surface area contributed by atoms with Crippen molar-refractivity contribution in [3.63, 3.8) is 0 Å². The minimum Gasteiger partial charge on any atom is -0.382 e. The van der Waals surface area contributed by atoms with Crippen molar-refractivity contribution in [2.24, 2.45) is 0 Å². The Balaban J connectivity index is 1.58. The number of phosphoric acid groups is 2. The summed E-state index contributed by atoms with van der Waals surface area (Å²) in [5.41, 5.74) is 6.64. The Morgan fingerprint density at radius 1 is 1.21 bits per heavy atom. The fourth-order valence-corrected chi connectivity index (χ4v) is 6.26. The Hall–Kier alpha value is -1.18. The number of imidazole rings is 1. The number of ether oxygens (including phenoxy) is 1. The summed E-state index contributed by atoms with van der Waals surface area (Å²) in [4.78, 5) is 38.5. The van der Waals surface area contributed by atoms with Gasteiger partial charge < -0.3 is 29.7 Å². The molecule has 0 aromatic carbocycles. The van der Waals surface area contributed by atoms with Gasteiger partial charge in [0.1, 0.15) is 18.1 Å². The second-order valence-corrected chi connectivity index (χ2v) is 11.1. The molecule has 0 radical (unpaired) electrons. The summed E-state index contributed by atoms with van der Waals surface area (Å²) in [6.45, 7) is -0.274. The number of hydrogen-bond donors (Lipinski definition) is 4. The second kappa shape index (κ2) is 8.16. The standard InChI is InChI=1S/C10H17BN5O10P3/c11-27(17,25-29(21,22)26-28(18,19)20)23-3-6-1-2-7(24-6)16-5-15-8-9(12)13-4-14-10(8)16/h4-7H,1-3,11H2,(H,21,22)(H2,12,13,14)(H2,18,19,20). The largest absolute Gasteiger partial charge is 0.487 e. The second-order valence-electron chi connectivity index (χ2n) is 6.06. The van der Waals surface area contributed by atoms with E-state index in [9.17, 15) is 18.6 Å². The van der Waals surface area contributed by atoms with Gasteiger partial charge in [-0.15, -0.1) is 0 Å². The first-order valence-corrected chi connectivity index (χ1v) is 13.0. The molecule has 0 spiro atoms. The summed E-state index contributed by atoms with van der Waals surface area (Å²) >= 11 is 0. The predicted molar refractivity (Wildman–Crippen MR) is 99.0 cm³/mol. The van der Waals surface area contributed by atoms with Gasteiger partial charge in [-0.25, -0.2) is 28.4 Å². The molecular weight excluding hydrogens is 454 g/mol. The van der Waals surface area contributed by atoms with Crippen LogP contribution < -0.4 is 5.73 Å². The van der Waals surface area contributed by atoms with Crippen molar-refractivity contribution in [3.8, 4) is 0 Å². The van der Waals surface area contributed by atoms with Gasteiger partial charge in [0.15, 0.2) is 11.5 Å². The van der Waals surface area contributed by atoms with Crippen LogP contribution in [0, 0.1) is 0 Å². The van der Waals surface area contributed by atoms with Crippen LogP contribution in [-0.4, -0.2) is 54.5 Å². The zero-order valence-corrected chi connectivity index (χ0v) is 17.5. The first-order chi connectivity index (χ1) is 13.4. The van der Waals surface area contributed by atoms with Crippen LogP contribution in [0.1, 0.15) is 19.1 Å². The molecule has 4 unspecified atom stereocenters. The number of fused-ring (bicyclic) bond motifs is 1. The molecule has 1 fully saturated rings. The first kappa shape index (κ1) is 22.5. The molecule has 0 saturated carbocycles. The maximum Gasteiger partial charge on any atom is 0.487 e. The summed E-state index contributed by atoms with van der Waals surface area (Å²) in [7, 11) is -14.0. The van der Waals surface area contributed by atoms with Gasteiger partial charge in [0.05, 0.1) is 19.0 Å². The van der Waals surface area contributed by atoms with E-state index in [4.69, 9.17) is 24.8 Å². The molecule has 1 saturated heterocycles. The van der Waals surface area contributed by atoms with Crippen LogP contribution in [0.15, 0.2) is 12.7 Å². The van der Waals surface area contributed by atoms with Gasteiger partial charge in [-0.1, -0.05) is 0 Å². The van der Waals surface area contributed by atoms with Crippen molar-refractivity contribution >= 4 is 47.7 Å². The van der Waals surface area contributed by atoms with E-state index in [1.165, 1.54) is 12.7 Å². The minimum atomic E-state index is -5.34. The Labute approximate surface area is 164 Å². The lowest BCUT2D eigenvalue weighted by Crippen LogP contribution is -2.16.